The highest BCUT2D eigenvalue weighted by Gasteiger charge is 2.04. The summed E-state index contributed by atoms with van der Waals surface area (Å²) in [7, 11) is 0. The number of carbonyl (C=O) groups is 1. The summed E-state index contributed by atoms with van der Waals surface area (Å²) >= 11 is 11.6. The van der Waals surface area contributed by atoms with Crippen LogP contribution in [0.1, 0.15) is 45.1 Å². The van der Waals surface area contributed by atoms with E-state index in [1.54, 1.807) is 25.1 Å². The van der Waals surface area contributed by atoms with Crippen LogP contribution in [0.3, 0.4) is 0 Å². The Labute approximate surface area is 246 Å². The number of nitrogens with zero attached hydrogens (tertiary/aromatic N) is 1. The van der Waals surface area contributed by atoms with E-state index in [2.05, 4.69) is 50.2 Å². The minimum absolute atomic E-state index is 0.0387. The number of halogens is 2. The van der Waals surface area contributed by atoms with Crippen LogP contribution in [0.15, 0.2) is 84.9 Å². The summed E-state index contributed by atoms with van der Waals surface area (Å²) in [4.78, 5) is 15.7. The van der Waals surface area contributed by atoms with Gasteiger partial charge in [-0.1, -0.05) is 75.8 Å². The molecule has 0 saturated heterocycles. The van der Waals surface area contributed by atoms with Crippen molar-refractivity contribution in [2.24, 2.45) is 0 Å². The highest BCUT2D eigenvalue weighted by atomic mass is 35.5. The second-order valence-electron chi connectivity index (χ2n) is 9.84. The van der Waals surface area contributed by atoms with E-state index in [1.807, 2.05) is 44.2 Å². The Hall–Kier alpha value is -3.70. The number of aliphatic hydroxyl groups is 1. The van der Waals surface area contributed by atoms with E-state index in [1.165, 1.54) is 11.1 Å². The molecule has 5 aromatic rings. The van der Waals surface area contributed by atoms with Crippen molar-refractivity contribution in [3.8, 4) is 11.3 Å². The number of nitrogen functional groups attached to an aromatic ring is 1. The van der Waals surface area contributed by atoms with Crippen molar-refractivity contribution >= 4 is 45.6 Å². The Morgan fingerprint density at radius 1 is 0.750 bits per heavy atom. The molecule has 0 radical (unpaired) electrons. The summed E-state index contributed by atoms with van der Waals surface area (Å²) in [5.41, 5.74) is 15.4. The fourth-order valence-electron chi connectivity index (χ4n) is 4.26. The monoisotopic (exact) mass is 572 g/mol. The lowest BCUT2D eigenvalue weighted by Gasteiger charge is -2.06. The number of carbonyl (C=O) groups excluding carboxylic acids is 1. The molecule has 206 valence electrons. The number of Topliss-reactive ketones (excluding diaryl/α,β-unsaturated/α-hetero) is 1. The second-order valence-corrected chi connectivity index (χ2v) is 10.7. The van der Waals surface area contributed by atoms with Crippen LogP contribution in [0, 0.1) is 27.7 Å². The average molecular weight is 574 g/mol. The first-order valence-corrected chi connectivity index (χ1v) is 13.6. The molecule has 0 saturated carbocycles. The zero-order chi connectivity index (χ0) is 29.4. The normalized spacial score (nSPS) is 10.3. The Bertz CT molecular complexity index is 1610. The van der Waals surface area contributed by atoms with Gasteiger partial charge in [0.15, 0.2) is 5.78 Å². The van der Waals surface area contributed by atoms with Crippen LogP contribution in [0.2, 0.25) is 10.0 Å². The number of aryl methyl sites for hydroxylation is 4. The van der Waals surface area contributed by atoms with E-state index in [0.717, 1.165) is 43.9 Å². The number of rotatable bonds is 3. The number of hydrogen-bond donors (Lipinski definition) is 2. The van der Waals surface area contributed by atoms with Gasteiger partial charge in [0.2, 0.25) is 0 Å². The Balaban J connectivity index is 0.000000180. The predicted octanol–water partition coefficient (Wildman–Crippen LogP) is 9.09. The standard InChI is InChI=1S/C17H14ClN.C10H12O.C7H8ClNO/c1-11-7-12(2)9-14(8-11)16-6-4-13-3-5-15(18)10-17(13)19-16;1-7-4-8(2)6-10(5-7)9(3)11;8-6-2-1-5(4-10)7(9)3-6/h3-10H,1-2H3;4-6H,1-3H3;1-3,10H,4,9H2. The van der Waals surface area contributed by atoms with E-state index in [4.69, 9.17) is 39.0 Å². The van der Waals surface area contributed by atoms with Crippen molar-refractivity contribution in [1.82, 2.24) is 4.98 Å². The van der Waals surface area contributed by atoms with Crippen LogP contribution in [0.4, 0.5) is 5.69 Å². The second kappa shape index (κ2) is 14.1. The molecule has 4 aromatic carbocycles. The molecule has 1 aromatic heterocycles. The zero-order valence-corrected chi connectivity index (χ0v) is 24.9. The molecular formula is C34H34Cl2N2O2. The average Bonchev–Trinajstić information content (AvgIpc) is 2.88. The molecule has 0 aliphatic rings. The summed E-state index contributed by atoms with van der Waals surface area (Å²) in [6, 6.07) is 27.3. The maximum absolute atomic E-state index is 10.9. The van der Waals surface area contributed by atoms with Crippen LogP contribution in [-0.2, 0) is 6.61 Å². The first kappa shape index (κ1) is 30.8. The van der Waals surface area contributed by atoms with Gasteiger partial charge in [-0.3, -0.25) is 4.79 Å². The summed E-state index contributed by atoms with van der Waals surface area (Å²) < 4.78 is 0. The third kappa shape index (κ3) is 8.92. The van der Waals surface area contributed by atoms with Crippen molar-refractivity contribution < 1.29 is 9.90 Å². The highest BCUT2D eigenvalue weighted by Crippen LogP contribution is 2.25. The van der Waals surface area contributed by atoms with E-state index in [-0.39, 0.29) is 12.4 Å². The number of ketones is 1. The molecule has 0 spiro atoms. The zero-order valence-electron chi connectivity index (χ0n) is 23.4. The summed E-state index contributed by atoms with van der Waals surface area (Å²) in [6.45, 7) is 9.76. The number of aromatic nitrogens is 1. The summed E-state index contributed by atoms with van der Waals surface area (Å²) in [5, 5.41) is 11.1. The Kier molecular flexibility index (Phi) is 10.9. The van der Waals surface area contributed by atoms with E-state index in [9.17, 15) is 4.79 Å². The topological polar surface area (TPSA) is 76.2 Å². The minimum Gasteiger partial charge on any atom is -0.398 e. The fraction of sp³-hybridized carbons (Fsp3) is 0.176. The molecule has 5 rings (SSSR count). The lowest BCUT2D eigenvalue weighted by atomic mass is 10.0. The van der Waals surface area contributed by atoms with Crippen molar-refractivity contribution in [3.63, 3.8) is 0 Å². The fourth-order valence-corrected chi connectivity index (χ4v) is 4.61. The van der Waals surface area contributed by atoms with Gasteiger partial charge in [0.1, 0.15) is 0 Å². The molecule has 0 fully saturated rings. The van der Waals surface area contributed by atoms with Crippen molar-refractivity contribution in [3.05, 3.63) is 128 Å². The van der Waals surface area contributed by atoms with Crippen LogP contribution in [0.5, 0.6) is 0 Å². The van der Waals surface area contributed by atoms with E-state index in [0.29, 0.717) is 16.3 Å². The highest BCUT2D eigenvalue weighted by molar-refractivity contribution is 6.31. The van der Waals surface area contributed by atoms with Crippen LogP contribution < -0.4 is 5.73 Å². The molecule has 3 N–H and O–H groups in total. The Morgan fingerprint density at radius 2 is 1.27 bits per heavy atom. The molecule has 0 aliphatic heterocycles. The van der Waals surface area contributed by atoms with Crippen molar-refractivity contribution in [1.29, 1.82) is 0 Å². The van der Waals surface area contributed by atoms with Gasteiger partial charge in [-0.15, -0.1) is 0 Å². The molecule has 6 heteroatoms. The number of hydrogen-bond acceptors (Lipinski definition) is 4. The van der Waals surface area contributed by atoms with Crippen LogP contribution >= 0.6 is 23.2 Å². The Morgan fingerprint density at radius 3 is 1.82 bits per heavy atom. The first-order chi connectivity index (χ1) is 18.9. The van der Waals surface area contributed by atoms with Gasteiger partial charge in [0.05, 0.1) is 17.8 Å². The number of fused-ring (bicyclic) bond motifs is 1. The van der Waals surface area contributed by atoms with Gasteiger partial charge in [0.25, 0.3) is 0 Å². The maximum atomic E-state index is 10.9. The summed E-state index contributed by atoms with van der Waals surface area (Å²) in [5.74, 6) is 0.136. The molecule has 1 heterocycles. The third-order valence-electron chi connectivity index (χ3n) is 6.08. The summed E-state index contributed by atoms with van der Waals surface area (Å²) in [6.07, 6.45) is 0. The van der Waals surface area contributed by atoms with Crippen molar-refractivity contribution in [2.45, 2.75) is 41.2 Å². The quantitative estimate of drug-likeness (QED) is 0.167. The molecule has 0 unspecified atom stereocenters. The van der Waals surface area contributed by atoms with E-state index >= 15 is 0 Å². The smallest absolute Gasteiger partial charge is 0.159 e. The van der Waals surface area contributed by atoms with Crippen LogP contribution in [-0.4, -0.2) is 15.9 Å². The SMILES string of the molecule is CC(=O)c1cc(C)cc(C)c1.Cc1cc(C)cc(-c2ccc3ccc(Cl)cc3n2)c1.Nc1cc(Cl)ccc1CO. The molecule has 4 nitrogen and oxygen atoms in total. The number of benzene rings is 4. The molecular weight excluding hydrogens is 539 g/mol. The number of nitrogens with two attached hydrogens (primary N) is 1. The number of pyridine rings is 1. The molecule has 0 aliphatic carbocycles. The lowest BCUT2D eigenvalue weighted by molar-refractivity contribution is 0.101. The third-order valence-corrected chi connectivity index (χ3v) is 6.55. The largest absolute Gasteiger partial charge is 0.398 e. The van der Waals surface area contributed by atoms with Gasteiger partial charge in [-0.25, -0.2) is 4.98 Å². The van der Waals surface area contributed by atoms with Gasteiger partial charge < -0.3 is 10.8 Å². The van der Waals surface area contributed by atoms with Gasteiger partial charge in [0, 0.05) is 37.8 Å². The molecule has 0 bridgehead atoms. The number of aliphatic hydroxyl groups excluding tert-OH is 1. The van der Waals surface area contributed by atoms with Gasteiger partial charge in [-0.05, 0) is 89.2 Å². The van der Waals surface area contributed by atoms with Crippen molar-refractivity contribution in [2.75, 3.05) is 5.73 Å². The number of anilines is 1. The van der Waals surface area contributed by atoms with Gasteiger partial charge >= 0.3 is 0 Å². The minimum atomic E-state index is -0.0387. The maximum Gasteiger partial charge on any atom is 0.159 e. The predicted molar refractivity (Wildman–Crippen MR) is 169 cm³/mol. The first-order valence-electron chi connectivity index (χ1n) is 12.8. The molecule has 0 amide bonds. The van der Waals surface area contributed by atoms with Gasteiger partial charge in [-0.2, -0.15) is 0 Å². The molecule has 0 atom stereocenters. The van der Waals surface area contributed by atoms with Crippen LogP contribution in [0.25, 0.3) is 22.2 Å². The molecule has 40 heavy (non-hydrogen) atoms. The van der Waals surface area contributed by atoms with E-state index < -0.39 is 0 Å². The lowest BCUT2D eigenvalue weighted by Crippen LogP contribution is -1.93.